The van der Waals surface area contributed by atoms with E-state index < -0.39 is 17.2 Å². The number of anilines is 1. The van der Waals surface area contributed by atoms with Crippen LogP contribution >= 0.6 is 11.6 Å². The number of nitrogens with one attached hydrogen (secondary N) is 2. The highest BCUT2D eigenvalue weighted by Crippen LogP contribution is 2.45. The number of aryl methyl sites for hydroxylation is 1. The van der Waals surface area contributed by atoms with E-state index in [1.165, 1.54) is 0 Å². The first-order valence-corrected chi connectivity index (χ1v) is 11.9. The molecule has 1 aliphatic heterocycles. The number of aromatic nitrogens is 1. The Morgan fingerprint density at radius 3 is 2.44 bits per heavy atom. The number of carbonyl (C=O) groups is 3. The van der Waals surface area contributed by atoms with Gasteiger partial charge in [0.2, 0.25) is 0 Å². The molecule has 5 rings (SSSR count). The maximum Gasteiger partial charge on any atom is 0.293 e. The standard InChI is InChI=1S/C27H26ClN3O3/c1-16-10-11-19(15-20(16)28)29-25(33)23-17(2)22(21-9-6-14-31(21)23)24(32)26(34)30-27(12-13-27)18-7-4-3-5-8-18/h3-5,7-8,10-11,15H,6,9,12-14H2,1-2H3,(H,29,33)(H,30,34). The van der Waals surface area contributed by atoms with Crippen LogP contribution in [0.25, 0.3) is 0 Å². The Balaban J connectivity index is 1.42. The minimum absolute atomic E-state index is 0.317. The predicted octanol–water partition coefficient (Wildman–Crippen LogP) is 4.95. The van der Waals surface area contributed by atoms with Crippen LogP contribution in [0, 0.1) is 13.8 Å². The van der Waals surface area contributed by atoms with Crippen molar-refractivity contribution in [2.24, 2.45) is 0 Å². The van der Waals surface area contributed by atoms with Gasteiger partial charge < -0.3 is 15.2 Å². The summed E-state index contributed by atoms with van der Waals surface area (Å²) in [5.41, 5.74) is 4.10. The van der Waals surface area contributed by atoms with E-state index in [0.717, 1.165) is 36.1 Å². The summed E-state index contributed by atoms with van der Waals surface area (Å²) in [5, 5.41) is 6.43. The number of amides is 2. The van der Waals surface area contributed by atoms with Gasteiger partial charge in [0.25, 0.3) is 17.6 Å². The fraction of sp³-hybridized carbons (Fsp3) is 0.296. The third-order valence-corrected chi connectivity index (χ3v) is 7.32. The number of benzene rings is 2. The van der Waals surface area contributed by atoms with E-state index in [-0.39, 0.29) is 5.91 Å². The fourth-order valence-electron chi connectivity index (χ4n) is 4.93. The van der Waals surface area contributed by atoms with E-state index in [0.29, 0.717) is 40.5 Å². The third kappa shape index (κ3) is 3.82. The molecule has 0 bridgehead atoms. The van der Waals surface area contributed by atoms with Crippen LogP contribution in [0.3, 0.4) is 0 Å². The van der Waals surface area contributed by atoms with E-state index >= 15 is 0 Å². The normalized spacial score (nSPS) is 15.5. The number of nitrogens with zero attached hydrogens (tertiary/aromatic N) is 1. The molecule has 7 heteroatoms. The summed E-state index contributed by atoms with van der Waals surface area (Å²) >= 11 is 6.21. The van der Waals surface area contributed by atoms with Crippen LogP contribution in [0.2, 0.25) is 5.02 Å². The molecule has 2 aliphatic rings. The molecule has 2 amide bonds. The number of halogens is 1. The molecule has 3 aromatic rings. The summed E-state index contributed by atoms with van der Waals surface area (Å²) in [6, 6.07) is 15.1. The first kappa shape index (κ1) is 22.4. The topological polar surface area (TPSA) is 80.2 Å². The molecule has 2 N–H and O–H groups in total. The van der Waals surface area contributed by atoms with Crippen molar-refractivity contribution in [1.29, 1.82) is 0 Å². The van der Waals surface area contributed by atoms with Crippen molar-refractivity contribution >= 4 is 34.9 Å². The Morgan fingerprint density at radius 2 is 1.76 bits per heavy atom. The maximum atomic E-state index is 13.4. The summed E-state index contributed by atoms with van der Waals surface area (Å²) in [4.78, 5) is 39.7. The summed E-state index contributed by atoms with van der Waals surface area (Å²) in [7, 11) is 0. The fourth-order valence-corrected chi connectivity index (χ4v) is 5.11. The first-order valence-electron chi connectivity index (χ1n) is 11.5. The van der Waals surface area contributed by atoms with Crippen molar-refractivity contribution in [2.45, 2.75) is 51.6 Å². The average Bonchev–Trinajstić information content (AvgIpc) is 3.36. The highest BCUT2D eigenvalue weighted by atomic mass is 35.5. The van der Waals surface area contributed by atoms with Gasteiger partial charge in [0, 0.05) is 22.9 Å². The molecule has 0 radical (unpaired) electrons. The number of Topliss-reactive ketones (excluding diaryl/α,β-unsaturated/α-hetero) is 1. The number of hydrogen-bond donors (Lipinski definition) is 2. The summed E-state index contributed by atoms with van der Waals surface area (Å²) in [6.45, 7) is 4.27. The Bertz CT molecular complexity index is 1320. The van der Waals surface area contributed by atoms with Gasteiger partial charge in [0.15, 0.2) is 0 Å². The zero-order valence-corrected chi connectivity index (χ0v) is 20.0. The van der Waals surface area contributed by atoms with Crippen molar-refractivity contribution in [3.63, 3.8) is 0 Å². The molecule has 34 heavy (non-hydrogen) atoms. The number of hydrogen-bond acceptors (Lipinski definition) is 3. The second-order valence-corrected chi connectivity index (χ2v) is 9.61. The van der Waals surface area contributed by atoms with Gasteiger partial charge in [0.05, 0.1) is 11.1 Å². The van der Waals surface area contributed by atoms with Gasteiger partial charge >= 0.3 is 0 Å². The zero-order chi connectivity index (χ0) is 24.0. The summed E-state index contributed by atoms with van der Waals surface area (Å²) in [6.07, 6.45) is 3.08. The maximum absolute atomic E-state index is 13.4. The van der Waals surface area contributed by atoms with E-state index in [4.69, 9.17) is 11.6 Å². The Labute approximate surface area is 203 Å². The Hall–Kier alpha value is -3.38. The van der Waals surface area contributed by atoms with E-state index in [1.807, 2.05) is 47.9 Å². The lowest BCUT2D eigenvalue weighted by Gasteiger charge is -2.17. The van der Waals surface area contributed by atoms with Crippen LogP contribution in [-0.4, -0.2) is 22.2 Å². The first-order chi connectivity index (χ1) is 16.3. The van der Waals surface area contributed by atoms with Gasteiger partial charge in [-0.1, -0.05) is 48.0 Å². The zero-order valence-electron chi connectivity index (χ0n) is 19.2. The van der Waals surface area contributed by atoms with Gasteiger partial charge in [0.1, 0.15) is 5.69 Å². The van der Waals surface area contributed by atoms with Crippen LogP contribution in [-0.2, 0) is 23.3 Å². The quantitative estimate of drug-likeness (QED) is 0.391. The molecule has 2 aromatic carbocycles. The Kier molecular flexibility index (Phi) is 5.56. The number of ketones is 1. The third-order valence-electron chi connectivity index (χ3n) is 6.92. The van der Waals surface area contributed by atoms with Gasteiger partial charge in [-0.25, -0.2) is 0 Å². The lowest BCUT2D eigenvalue weighted by molar-refractivity contribution is -0.118. The largest absolute Gasteiger partial charge is 0.340 e. The van der Waals surface area contributed by atoms with Crippen LogP contribution in [0.15, 0.2) is 48.5 Å². The van der Waals surface area contributed by atoms with Crippen LogP contribution in [0.4, 0.5) is 5.69 Å². The molecule has 1 fully saturated rings. The molecule has 0 unspecified atom stereocenters. The average molecular weight is 476 g/mol. The Morgan fingerprint density at radius 1 is 1.03 bits per heavy atom. The highest BCUT2D eigenvalue weighted by molar-refractivity contribution is 6.44. The second-order valence-electron chi connectivity index (χ2n) is 9.20. The summed E-state index contributed by atoms with van der Waals surface area (Å²) < 4.78 is 1.88. The van der Waals surface area contributed by atoms with Crippen molar-refractivity contribution in [3.8, 4) is 0 Å². The van der Waals surface area contributed by atoms with Crippen molar-refractivity contribution in [1.82, 2.24) is 9.88 Å². The van der Waals surface area contributed by atoms with Crippen molar-refractivity contribution in [3.05, 3.63) is 87.2 Å². The van der Waals surface area contributed by atoms with E-state index in [9.17, 15) is 14.4 Å². The van der Waals surface area contributed by atoms with Crippen LogP contribution < -0.4 is 10.6 Å². The molecule has 1 aliphatic carbocycles. The molecule has 0 atom stereocenters. The number of rotatable bonds is 6. The number of fused-ring (bicyclic) bond motifs is 1. The molecule has 0 spiro atoms. The van der Waals surface area contributed by atoms with Gasteiger partial charge in [-0.15, -0.1) is 0 Å². The van der Waals surface area contributed by atoms with Gasteiger partial charge in [-0.3, -0.25) is 14.4 Å². The lowest BCUT2D eigenvalue weighted by Crippen LogP contribution is -2.39. The SMILES string of the molecule is Cc1ccc(NC(=O)c2c(C)c(C(=O)C(=O)NC3(c4ccccc4)CC3)c3n2CCC3)cc1Cl. The molecule has 0 saturated heterocycles. The predicted molar refractivity (Wildman–Crippen MR) is 131 cm³/mol. The van der Waals surface area contributed by atoms with E-state index in [1.54, 1.807) is 19.1 Å². The molecule has 6 nitrogen and oxygen atoms in total. The van der Waals surface area contributed by atoms with Crippen molar-refractivity contribution in [2.75, 3.05) is 5.32 Å². The molecule has 1 aromatic heterocycles. The molecular weight excluding hydrogens is 450 g/mol. The van der Waals surface area contributed by atoms with E-state index in [2.05, 4.69) is 10.6 Å². The van der Waals surface area contributed by atoms with Gasteiger partial charge in [-0.05, 0) is 68.4 Å². The van der Waals surface area contributed by atoms with Crippen LogP contribution in [0.1, 0.15) is 62.5 Å². The minimum atomic E-state index is -0.623. The monoisotopic (exact) mass is 475 g/mol. The molecule has 1 saturated carbocycles. The smallest absolute Gasteiger partial charge is 0.293 e. The molecule has 2 heterocycles. The minimum Gasteiger partial charge on any atom is -0.340 e. The lowest BCUT2D eigenvalue weighted by atomic mass is 10.0. The van der Waals surface area contributed by atoms with Crippen molar-refractivity contribution < 1.29 is 14.4 Å². The van der Waals surface area contributed by atoms with Crippen LogP contribution in [0.5, 0.6) is 0 Å². The highest BCUT2D eigenvalue weighted by Gasteiger charge is 2.47. The molecular formula is C27H26ClN3O3. The summed E-state index contributed by atoms with van der Waals surface area (Å²) in [5.74, 6) is -1.52. The second kappa shape index (κ2) is 8.44. The van der Waals surface area contributed by atoms with Gasteiger partial charge in [-0.2, -0.15) is 0 Å². The molecule has 174 valence electrons. The number of carbonyl (C=O) groups excluding carboxylic acids is 3.